The summed E-state index contributed by atoms with van der Waals surface area (Å²) in [5, 5.41) is 8.24. The Morgan fingerprint density at radius 3 is 2.58 bits per heavy atom. The van der Waals surface area contributed by atoms with E-state index in [9.17, 15) is 12.8 Å². The van der Waals surface area contributed by atoms with E-state index >= 15 is 0 Å². The minimum absolute atomic E-state index is 0.241. The predicted molar refractivity (Wildman–Crippen MR) is 144 cm³/mol. The van der Waals surface area contributed by atoms with E-state index in [1.54, 1.807) is 24.3 Å². The maximum atomic E-state index is 14.2. The van der Waals surface area contributed by atoms with Gasteiger partial charge in [-0.1, -0.05) is 12.1 Å². The number of H-pyrrole nitrogens is 1. The van der Waals surface area contributed by atoms with Crippen LogP contribution in [0.25, 0.3) is 22.2 Å². The molecule has 0 aliphatic carbocycles. The number of aryl methyl sites for hydroxylation is 1. The highest BCUT2D eigenvalue weighted by Crippen LogP contribution is 2.32. The number of anilines is 1. The minimum atomic E-state index is -4.17. The van der Waals surface area contributed by atoms with Crippen molar-refractivity contribution < 1.29 is 22.3 Å². The second kappa shape index (κ2) is 10.2. The van der Waals surface area contributed by atoms with Crippen LogP contribution in [0.2, 0.25) is 0 Å². The molecule has 1 fully saturated rings. The fourth-order valence-corrected chi connectivity index (χ4v) is 5.62. The smallest absolute Gasteiger partial charge is 0.264 e. The van der Waals surface area contributed by atoms with Crippen LogP contribution in [0, 0.1) is 18.7 Å². The first-order chi connectivity index (χ1) is 18.1. The molecular weight excluding hydrogens is 509 g/mol. The summed E-state index contributed by atoms with van der Waals surface area (Å²) in [6, 6.07) is 12.6. The average Bonchev–Trinajstić information content (AvgIpc) is 3.24. The number of nitrogens with zero attached hydrogens (tertiary/aromatic N) is 3. The maximum Gasteiger partial charge on any atom is 0.264 e. The lowest BCUT2D eigenvalue weighted by Gasteiger charge is -2.41. The molecule has 0 amide bonds. The summed E-state index contributed by atoms with van der Waals surface area (Å²) in [5.41, 5.74) is 3.29. The Balaban J connectivity index is 1.36. The highest BCUT2D eigenvalue weighted by atomic mass is 32.2. The molecule has 1 aliphatic heterocycles. The Morgan fingerprint density at radius 1 is 1.16 bits per heavy atom. The standard InChI is InChI=1S/C27H30FN5O4S/c1-16(2)33-13-18(14-33)15-37-27-26-17(3)30-31-24(26)12-23(29-27)19-5-7-20(8-6-19)32-38(34,35)25-11-21(36-4)9-10-22(25)28/h5-12,16,18,32H,13-15H2,1-4H3,(H,30,31). The highest BCUT2D eigenvalue weighted by Gasteiger charge is 2.29. The van der Waals surface area contributed by atoms with Crippen molar-refractivity contribution in [2.75, 3.05) is 31.5 Å². The van der Waals surface area contributed by atoms with Gasteiger partial charge in [0.25, 0.3) is 10.0 Å². The Morgan fingerprint density at radius 2 is 1.89 bits per heavy atom. The van der Waals surface area contributed by atoms with Crippen LogP contribution in [0.3, 0.4) is 0 Å². The molecule has 38 heavy (non-hydrogen) atoms. The molecule has 0 unspecified atom stereocenters. The second-order valence-corrected chi connectivity index (χ2v) is 11.4. The van der Waals surface area contributed by atoms with E-state index in [0.717, 1.165) is 47.4 Å². The molecular formula is C27H30FN5O4S. The number of aromatic nitrogens is 3. The van der Waals surface area contributed by atoms with Gasteiger partial charge in [-0.25, -0.2) is 17.8 Å². The van der Waals surface area contributed by atoms with Crippen molar-refractivity contribution in [2.45, 2.75) is 31.7 Å². The highest BCUT2D eigenvalue weighted by molar-refractivity contribution is 7.92. The Kier molecular flexibility index (Phi) is 6.97. The monoisotopic (exact) mass is 539 g/mol. The number of methoxy groups -OCH3 is 1. The third-order valence-electron chi connectivity index (χ3n) is 6.72. The van der Waals surface area contributed by atoms with E-state index in [1.807, 2.05) is 13.0 Å². The number of pyridine rings is 1. The van der Waals surface area contributed by atoms with Crippen LogP contribution in [-0.2, 0) is 10.0 Å². The maximum absolute atomic E-state index is 14.2. The Labute approximate surface area is 221 Å². The Hall–Kier alpha value is -3.70. The molecule has 4 aromatic rings. The van der Waals surface area contributed by atoms with Crippen molar-refractivity contribution in [1.82, 2.24) is 20.1 Å². The van der Waals surface area contributed by atoms with Gasteiger partial charge >= 0.3 is 0 Å². The van der Waals surface area contributed by atoms with Crippen molar-refractivity contribution in [3.8, 4) is 22.9 Å². The molecule has 0 radical (unpaired) electrons. The SMILES string of the molecule is COc1ccc(F)c(S(=O)(=O)Nc2ccc(-c3cc4n[nH]c(C)c4c(OCC4CN(C(C)C)C4)n3)cc2)c1. The summed E-state index contributed by atoms with van der Waals surface area (Å²) >= 11 is 0. The molecule has 5 rings (SSSR count). The number of rotatable bonds is 9. The van der Waals surface area contributed by atoms with Crippen molar-refractivity contribution in [3.63, 3.8) is 0 Å². The molecule has 1 saturated heterocycles. The number of fused-ring (bicyclic) bond motifs is 1. The van der Waals surface area contributed by atoms with E-state index in [-0.39, 0.29) is 11.4 Å². The minimum Gasteiger partial charge on any atom is -0.497 e. The van der Waals surface area contributed by atoms with Gasteiger partial charge in [0.1, 0.15) is 16.5 Å². The van der Waals surface area contributed by atoms with Gasteiger partial charge in [-0.15, -0.1) is 0 Å². The predicted octanol–water partition coefficient (Wildman–Crippen LogP) is 4.60. The van der Waals surface area contributed by atoms with E-state index in [4.69, 9.17) is 14.5 Å². The number of likely N-dealkylation sites (tertiary alicyclic amines) is 1. The quantitative estimate of drug-likeness (QED) is 0.320. The van der Waals surface area contributed by atoms with Gasteiger partial charge in [0.05, 0.1) is 30.3 Å². The number of sulfonamides is 1. The number of ether oxygens (including phenoxy) is 2. The zero-order valence-corrected chi connectivity index (χ0v) is 22.5. The van der Waals surface area contributed by atoms with E-state index in [1.165, 1.54) is 13.2 Å². The van der Waals surface area contributed by atoms with Gasteiger partial charge in [-0.2, -0.15) is 5.10 Å². The summed E-state index contributed by atoms with van der Waals surface area (Å²) < 4.78 is 53.5. The fourth-order valence-electron chi connectivity index (χ4n) is 4.47. The molecule has 0 spiro atoms. The van der Waals surface area contributed by atoms with Crippen molar-refractivity contribution in [3.05, 3.63) is 60.0 Å². The summed E-state index contributed by atoms with van der Waals surface area (Å²) in [6.07, 6.45) is 0. The molecule has 3 heterocycles. The van der Waals surface area contributed by atoms with Crippen molar-refractivity contribution in [2.24, 2.45) is 5.92 Å². The summed E-state index contributed by atoms with van der Waals surface area (Å²) in [7, 11) is -2.78. The van der Waals surface area contributed by atoms with Gasteiger partial charge < -0.3 is 14.4 Å². The zero-order chi connectivity index (χ0) is 27.0. The molecule has 0 bridgehead atoms. The van der Waals surface area contributed by atoms with Crippen LogP contribution in [0.15, 0.2) is 53.4 Å². The van der Waals surface area contributed by atoms with E-state index < -0.39 is 20.7 Å². The van der Waals surface area contributed by atoms with Gasteiger partial charge in [-0.3, -0.25) is 9.82 Å². The molecule has 200 valence electrons. The van der Waals surface area contributed by atoms with Gasteiger partial charge in [-0.05, 0) is 51.1 Å². The third kappa shape index (κ3) is 5.16. The zero-order valence-electron chi connectivity index (χ0n) is 21.7. The first-order valence-corrected chi connectivity index (χ1v) is 13.8. The van der Waals surface area contributed by atoms with Crippen LogP contribution >= 0.6 is 0 Å². The molecule has 0 saturated carbocycles. The first-order valence-electron chi connectivity index (χ1n) is 12.3. The number of aromatic amines is 1. The molecule has 9 nitrogen and oxygen atoms in total. The van der Waals surface area contributed by atoms with Gasteiger partial charge in [0.2, 0.25) is 5.88 Å². The first kappa shape index (κ1) is 25.9. The average molecular weight is 540 g/mol. The number of nitrogens with one attached hydrogen (secondary N) is 2. The van der Waals surface area contributed by atoms with Crippen LogP contribution in [0.1, 0.15) is 19.5 Å². The lowest BCUT2D eigenvalue weighted by Crippen LogP contribution is -2.52. The number of benzene rings is 2. The van der Waals surface area contributed by atoms with Crippen molar-refractivity contribution in [1.29, 1.82) is 0 Å². The molecule has 11 heteroatoms. The van der Waals surface area contributed by atoms with Crippen LogP contribution < -0.4 is 14.2 Å². The second-order valence-electron chi connectivity index (χ2n) is 9.76. The lowest BCUT2D eigenvalue weighted by molar-refractivity contribution is 0.0369. The van der Waals surface area contributed by atoms with Gasteiger partial charge in [0.15, 0.2) is 0 Å². The summed E-state index contributed by atoms with van der Waals surface area (Å²) in [6.45, 7) is 8.88. The van der Waals surface area contributed by atoms with E-state index in [2.05, 4.69) is 33.7 Å². The number of hydrogen-bond donors (Lipinski definition) is 2. The lowest BCUT2D eigenvalue weighted by atomic mass is 9.99. The normalized spacial score (nSPS) is 14.6. The van der Waals surface area contributed by atoms with Gasteiger partial charge in [0, 0.05) is 48.1 Å². The molecule has 2 aromatic carbocycles. The molecule has 2 aromatic heterocycles. The molecule has 2 N–H and O–H groups in total. The van der Waals surface area contributed by atoms with Crippen LogP contribution in [0.5, 0.6) is 11.6 Å². The summed E-state index contributed by atoms with van der Waals surface area (Å²) in [5.74, 6) is 0.342. The molecule has 1 aliphatic rings. The molecule has 0 atom stereocenters. The largest absolute Gasteiger partial charge is 0.497 e. The number of halogens is 1. The fraction of sp³-hybridized carbons (Fsp3) is 0.333. The third-order valence-corrected chi connectivity index (χ3v) is 8.11. The van der Waals surface area contributed by atoms with Crippen LogP contribution in [0.4, 0.5) is 10.1 Å². The topological polar surface area (TPSA) is 109 Å². The number of hydrogen-bond acceptors (Lipinski definition) is 7. The summed E-state index contributed by atoms with van der Waals surface area (Å²) in [4.78, 5) is 6.68. The van der Waals surface area contributed by atoms with Crippen molar-refractivity contribution >= 4 is 26.6 Å². The van der Waals surface area contributed by atoms with E-state index in [0.29, 0.717) is 30.1 Å². The Bertz CT molecular complexity index is 1560. The van der Waals surface area contributed by atoms with Crippen LogP contribution in [-0.4, -0.2) is 61.3 Å².